The van der Waals surface area contributed by atoms with Gasteiger partial charge < -0.3 is 0 Å². The molecule has 0 radical (unpaired) electrons. The number of unbranched alkanes of at least 4 members (excludes halogenated alkanes) is 8. The summed E-state index contributed by atoms with van der Waals surface area (Å²) in [5.74, 6) is 0. The first-order valence-corrected chi connectivity index (χ1v) is 7.74. The molecule has 1 heterocycles. The van der Waals surface area contributed by atoms with E-state index in [1.807, 2.05) is 0 Å². The summed E-state index contributed by atoms with van der Waals surface area (Å²) in [6, 6.07) is 0. The van der Waals surface area contributed by atoms with Gasteiger partial charge in [-0.15, -0.1) is 0 Å². The van der Waals surface area contributed by atoms with Crippen molar-refractivity contribution in [1.29, 1.82) is 0 Å². The standard InChI is InChI=1S/C15H32N2/c1-3-4-5-6-7-8-9-10-11-12-17-14-13-16(2)15-17/h3-15H2,1-2H3. The second kappa shape index (κ2) is 9.90. The third-order valence-electron chi connectivity index (χ3n) is 3.82. The summed E-state index contributed by atoms with van der Waals surface area (Å²) in [5.41, 5.74) is 0. The summed E-state index contributed by atoms with van der Waals surface area (Å²) < 4.78 is 0. The summed E-state index contributed by atoms with van der Waals surface area (Å²) in [4.78, 5) is 5.00. The summed E-state index contributed by atoms with van der Waals surface area (Å²) in [6.07, 6.45) is 12.9. The van der Waals surface area contributed by atoms with E-state index in [0.29, 0.717) is 0 Å². The van der Waals surface area contributed by atoms with Crippen LogP contribution in [0.3, 0.4) is 0 Å². The maximum atomic E-state index is 2.58. The van der Waals surface area contributed by atoms with Crippen molar-refractivity contribution in [2.24, 2.45) is 0 Å². The zero-order chi connectivity index (χ0) is 12.3. The predicted octanol–water partition coefficient (Wildman–Crippen LogP) is 3.72. The van der Waals surface area contributed by atoms with Crippen molar-refractivity contribution >= 4 is 0 Å². The molecular weight excluding hydrogens is 208 g/mol. The van der Waals surface area contributed by atoms with Crippen LogP contribution in [0.1, 0.15) is 64.7 Å². The first kappa shape index (κ1) is 15.0. The summed E-state index contributed by atoms with van der Waals surface area (Å²) >= 11 is 0. The largest absolute Gasteiger partial charge is 0.292 e. The van der Waals surface area contributed by atoms with Crippen LogP contribution in [-0.2, 0) is 0 Å². The van der Waals surface area contributed by atoms with Crippen LogP contribution in [0.25, 0.3) is 0 Å². The molecule has 0 bridgehead atoms. The van der Waals surface area contributed by atoms with E-state index in [9.17, 15) is 0 Å². The fourth-order valence-corrected chi connectivity index (χ4v) is 2.62. The van der Waals surface area contributed by atoms with Crippen LogP contribution in [0.2, 0.25) is 0 Å². The minimum atomic E-state index is 1.19. The highest BCUT2D eigenvalue weighted by Gasteiger charge is 2.14. The molecule has 0 saturated carbocycles. The molecule has 2 heteroatoms. The van der Waals surface area contributed by atoms with Crippen LogP contribution in [-0.4, -0.2) is 43.2 Å². The Bertz CT molecular complexity index is 170. The zero-order valence-electron chi connectivity index (χ0n) is 12.1. The van der Waals surface area contributed by atoms with Gasteiger partial charge in [-0.1, -0.05) is 58.3 Å². The summed E-state index contributed by atoms with van der Waals surface area (Å²) in [7, 11) is 2.22. The number of rotatable bonds is 10. The Morgan fingerprint density at radius 2 is 1.35 bits per heavy atom. The first-order chi connectivity index (χ1) is 8.33. The van der Waals surface area contributed by atoms with Gasteiger partial charge in [-0.25, -0.2) is 0 Å². The van der Waals surface area contributed by atoms with Crippen molar-refractivity contribution in [3.05, 3.63) is 0 Å². The average molecular weight is 240 g/mol. The maximum Gasteiger partial charge on any atom is 0.0504 e. The topological polar surface area (TPSA) is 6.48 Å². The van der Waals surface area contributed by atoms with Gasteiger partial charge in [0, 0.05) is 13.1 Å². The van der Waals surface area contributed by atoms with Gasteiger partial charge in [0.2, 0.25) is 0 Å². The van der Waals surface area contributed by atoms with Crippen LogP contribution in [0.5, 0.6) is 0 Å². The Morgan fingerprint density at radius 3 is 1.88 bits per heavy atom. The van der Waals surface area contributed by atoms with Gasteiger partial charge in [0.05, 0.1) is 6.67 Å². The Kier molecular flexibility index (Phi) is 8.72. The van der Waals surface area contributed by atoms with E-state index < -0.39 is 0 Å². The molecule has 1 rings (SSSR count). The minimum absolute atomic E-state index is 1.19. The van der Waals surface area contributed by atoms with Crippen molar-refractivity contribution in [3.8, 4) is 0 Å². The van der Waals surface area contributed by atoms with Crippen molar-refractivity contribution in [3.63, 3.8) is 0 Å². The number of hydrogen-bond acceptors (Lipinski definition) is 2. The van der Waals surface area contributed by atoms with Crippen molar-refractivity contribution in [2.45, 2.75) is 64.7 Å². The van der Waals surface area contributed by atoms with Gasteiger partial charge in [0.15, 0.2) is 0 Å². The monoisotopic (exact) mass is 240 g/mol. The quantitative estimate of drug-likeness (QED) is 0.537. The van der Waals surface area contributed by atoms with Crippen LogP contribution < -0.4 is 0 Å². The highest BCUT2D eigenvalue weighted by atomic mass is 15.4. The molecule has 0 aromatic heterocycles. The van der Waals surface area contributed by atoms with Crippen molar-refractivity contribution in [1.82, 2.24) is 9.80 Å². The molecule has 0 atom stereocenters. The normalized spacial score (nSPS) is 18.0. The molecule has 2 nitrogen and oxygen atoms in total. The second-order valence-corrected chi connectivity index (χ2v) is 5.67. The molecule has 0 spiro atoms. The van der Waals surface area contributed by atoms with Gasteiger partial charge in [0.1, 0.15) is 0 Å². The van der Waals surface area contributed by atoms with Crippen LogP contribution >= 0.6 is 0 Å². The molecule has 0 amide bonds. The Balaban J connectivity index is 1.75. The SMILES string of the molecule is CCCCCCCCCCCN1CCN(C)C1. The molecule has 1 saturated heterocycles. The highest BCUT2D eigenvalue weighted by Crippen LogP contribution is 2.10. The fourth-order valence-electron chi connectivity index (χ4n) is 2.62. The van der Waals surface area contributed by atoms with Crippen molar-refractivity contribution in [2.75, 3.05) is 33.4 Å². The van der Waals surface area contributed by atoms with E-state index in [1.54, 1.807) is 0 Å². The molecule has 1 aliphatic rings. The molecule has 0 aromatic carbocycles. The molecule has 0 N–H and O–H groups in total. The molecule has 0 unspecified atom stereocenters. The number of hydrogen-bond donors (Lipinski definition) is 0. The van der Waals surface area contributed by atoms with E-state index in [2.05, 4.69) is 23.8 Å². The van der Waals surface area contributed by atoms with E-state index in [0.717, 1.165) is 0 Å². The lowest BCUT2D eigenvalue weighted by molar-refractivity contribution is 0.269. The van der Waals surface area contributed by atoms with Gasteiger partial charge in [-0.05, 0) is 20.0 Å². The van der Waals surface area contributed by atoms with Gasteiger partial charge in [-0.2, -0.15) is 0 Å². The van der Waals surface area contributed by atoms with E-state index in [4.69, 9.17) is 0 Å². The molecule has 0 aliphatic carbocycles. The molecule has 17 heavy (non-hydrogen) atoms. The van der Waals surface area contributed by atoms with E-state index in [1.165, 1.54) is 84.1 Å². The fraction of sp³-hybridized carbons (Fsp3) is 1.00. The van der Waals surface area contributed by atoms with Crippen LogP contribution in [0.15, 0.2) is 0 Å². The van der Waals surface area contributed by atoms with Gasteiger partial charge in [0.25, 0.3) is 0 Å². The summed E-state index contributed by atoms with van der Waals surface area (Å²) in [5, 5.41) is 0. The third kappa shape index (κ3) is 7.77. The molecule has 1 aliphatic heterocycles. The molecule has 102 valence electrons. The van der Waals surface area contributed by atoms with Gasteiger partial charge in [-0.3, -0.25) is 9.80 Å². The van der Waals surface area contributed by atoms with E-state index in [-0.39, 0.29) is 0 Å². The molecular formula is C15H32N2. The minimum Gasteiger partial charge on any atom is -0.292 e. The molecule has 1 fully saturated rings. The van der Waals surface area contributed by atoms with Crippen molar-refractivity contribution < 1.29 is 0 Å². The van der Waals surface area contributed by atoms with Gasteiger partial charge >= 0.3 is 0 Å². The number of likely N-dealkylation sites (N-methyl/N-ethyl adjacent to an activating group) is 1. The zero-order valence-corrected chi connectivity index (χ0v) is 12.1. The smallest absolute Gasteiger partial charge is 0.0504 e. The lowest BCUT2D eigenvalue weighted by atomic mass is 10.1. The maximum absolute atomic E-state index is 2.58. The predicted molar refractivity (Wildman–Crippen MR) is 76.3 cm³/mol. The first-order valence-electron chi connectivity index (χ1n) is 7.74. The Labute approximate surface area is 108 Å². The van der Waals surface area contributed by atoms with E-state index >= 15 is 0 Å². The Hall–Kier alpha value is -0.0800. The lowest BCUT2D eigenvalue weighted by Gasteiger charge is -2.14. The van der Waals surface area contributed by atoms with Crippen LogP contribution in [0, 0.1) is 0 Å². The van der Waals surface area contributed by atoms with Crippen LogP contribution in [0.4, 0.5) is 0 Å². The molecule has 0 aromatic rings. The highest BCUT2D eigenvalue weighted by molar-refractivity contribution is 4.67. The second-order valence-electron chi connectivity index (χ2n) is 5.67. The average Bonchev–Trinajstić information content (AvgIpc) is 2.73. The summed E-state index contributed by atoms with van der Waals surface area (Å²) in [6.45, 7) is 7.35. The third-order valence-corrected chi connectivity index (χ3v) is 3.82. The number of nitrogens with zero attached hydrogens (tertiary/aromatic N) is 2. The lowest BCUT2D eigenvalue weighted by Crippen LogP contribution is -2.24. The Morgan fingerprint density at radius 1 is 0.765 bits per heavy atom.